The molecule has 0 saturated carbocycles. The summed E-state index contributed by atoms with van der Waals surface area (Å²) in [6, 6.07) is 4.58. The fourth-order valence-electron chi connectivity index (χ4n) is 1.93. The van der Waals surface area contributed by atoms with Gasteiger partial charge < -0.3 is 14.4 Å². The van der Waals surface area contributed by atoms with Crippen molar-refractivity contribution in [3.05, 3.63) is 29.0 Å². The molecule has 1 atom stereocenters. The van der Waals surface area contributed by atoms with E-state index in [0.29, 0.717) is 22.3 Å². The quantitative estimate of drug-likeness (QED) is 0.905. The van der Waals surface area contributed by atoms with Crippen LogP contribution >= 0.6 is 11.6 Å². The second-order valence-corrected chi connectivity index (χ2v) is 4.53. The Bertz CT molecular complexity index is 564. The van der Waals surface area contributed by atoms with E-state index < -0.39 is 0 Å². The Labute approximate surface area is 108 Å². The molecule has 0 bridgehead atoms. The highest BCUT2D eigenvalue weighted by Crippen LogP contribution is 2.32. The van der Waals surface area contributed by atoms with E-state index >= 15 is 0 Å². The van der Waals surface area contributed by atoms with E-state index in [1.165, 1.54) is 12.1 Å². The molecule has 1 fully saturated rings. The molecule has 1 aliphatic heterocycles. The number of aromatic nitrogens is 2. The third-order valence-electron chi connectivity index (χ3n) is 2.84. The first-order valence-electron chi connectivity index (χ1n) is 5.68. The molecule has 0 aliphatic carbocycles. The number of hydrogen-bond acceptors (Lipinski definition) is 5. The lowest BCUT2D eigenvalue weighted by Gasteiger charge is -2.01. The van der Waals surface area contributed by atoms with Gasteiger partial charge in [-0.05, 0) is 31.0 Å². The van der Waals surface area contributed by atoms with Gasteiger partial charge in [-0.15, -0.1) is 0 Å². The predicted octanol–water partition coefficient (Wildman–Crippen LogP) is 2.95. The molecular weight excluding hydrogens is 256 g/mol. The van der Waals surface area contributed by atoms with Crippen molar-refractivity contribution in [2.45, 2.75) is 18.9 Å². The van der Waals surface area contributed by atoms with Crippen LogP contribution in [-0.2, 0) is 4.74 Å². The number of rotatable bonds is 2. The van der Waals surface area contributed by atoms with Gasteiger partial charge in [0, 0.05) is 6.61 Å². The number of ether oxygens (including phenoxy) is 1. The zero-order chi connectivity index (χ0) is 12.5. The number of hydrogen-bond donors (Lipinski definition) is 1. The summed E-state index contributed by atoms with van der Waals surface area (Å²) in [6.45, 7) is 0.724. The molecule has 0 amide bonds. The summed E-state index contributed by atoms with van der Waals surface area (Å²) in [5.74, 6) is 0.926. The average Bonchev–Trinajstić information content (AvgIpc) is 3.00. The molecule has 1 N–H and O–H groups in total. The Kier molecular flexibility index (Phi) is 2.93. The lowest BCUT2D eigenvalue weighted by molar-refractivity contribution is 0.103. The molecule has 1 saturated heterocycles. The van der Waals surface area contributed by atoms with Crippen LogP contribution in [-0.4, -0.2) is 21.9 Å². The predicted molar refractivity (Wildman–Crippen MR) is 64.3 cm³/mol. The zero-order valence-electron chi connectivity index (χ0n) is 9.47. The fourth-order valence-corrected chi connectivity index (χ4v) is 2.13. The Morgan fingerprint density at radius 1 is 1.39 bits per heavy atom. The Morgan fingerprint density at radius 3 is 3.06 bits per heavy atom. The third-order valence-corrected chi connectivity index (χ3v) is 3.17. The molecule has 1 aliphatic rings. The van der Waals surface area contributed by atoms with Crippen molar-refractivity contribution in [2.75, 3.05) is 6.61 Å². The molecule has 6 heteroatoms. The maximum atomic E-state index is 9.44. The van der Waals surface area contributed by atoms with Crippen molar-refractivity contribution in [3.8, 4) is 17.2 Å². The highest BCUT2D eigenvalue weighted by molar-refractivity contribution is 6.33. The Hall–Kier alpha value is -1.59. The second kappa shape index (κ2) is 4.59. The van der Waals surface area contributed by atoms with Gasteiger partial charge in [0.1, 0.15) is 11.9 Å². The van der Waals surface area contributed by atoms with Crippen LogP contribution in [0.25, 0.3) is 11.5 Å². The molecule has 5 nitrogen and oxygen atoms in total. The van der Waals surface area contributed by atoms with E-state index in [0.717, 1.165) is 19.4 Å². The van der Waals surface area contributed by atoms with Gasteiger partial charge >= 0.3 is 0 Å². The van der Waals surface area contributed by atoms with Crippen molar-refractivity contribution < 1.29 is 14.4 Å². The first-order valence-corrected chi connectivity index (χ1v) is 6.06. The molecule has 18 heavy (non-hydrogen) atoms. The lowest BCUT2D eigenvalue weighted by Crippen LogP contribution is -1.97. The van der Waals surface area contributed by atoms with Gasteiger partial charge in [-0.2, -0.15) is 4.98 Å². The third kappa shape index (κ3) is 2.07. The number of phenols is 1. The smallest absolute Gasteiger partial charge is 0.259 e. The summed E-state index contributed by atoms with van der Waals surface area (Å²) in [5.41, 5.74) is 0.522. The standard InChI is InChI=1S/C12H11ClN2O3/c13-9-4-3-7(16)6-8(9)12-14-11(15-18-12)10-2-1-5-17-10/h3-4,6,10,16H,1-2,5H2. The largest absolute Gasteiger partial charge is 0.508 e. The number of aromatic hydroxyl groups is 1. The molecule has 0 radical (unpaired) electrons. The molecule has 0 spiro atoms. The molecular formula is C12H11ClN2O3. The molecule has 1 unspecified atom stereocenters. The van der Waals surface area contributed by atoms with Gasteiger partial charge in [0.15, 0.2) is 0 Å². The van der Waals surface area contributed by atoms with Crippen LogP contribution in [0.1, 0.15) is 24.8 Å². The zero-order valence-corrected chi connectivity index (χ0v) is 10.2. The maximum Gasteiger partial charge on any atom is 0.259 e. The minimum Gasteiger partial charge on any atom is -0.508 e. The normalized spacial score (nSPS) is 19.3. The van der Waals surface area contributed by atoms with Gasteiger partial charge in [0.05, 0.1) is 10.6 Å². The number of phenolic OH excluding ortho intramolecular Hbond substituents is 1. The summed E-state index contributed by atoms with van der Waals surface area (Å²) < 4.78 is 10.6. The maximum absolute atomic E-state index is 9.44. The summed E-state index contributed by atoms with van der Waals surface area (Å²) >= 11 is 6.03. The van der Waals surface area contributed by atoms with Gasteiger partial charge in [-0.3, -0.25) is 0 Å². The van der Waals surface area contributed by atoms with Crippen molar-refractivity contribution in [3.63, 3.8) is 0 Å². The first-order chi connectivity index (χ1) is 8.74. The van der Waals surface area contributed by atoms with Crippen molar-refractivity contribution in [2.24, 2.45) is 0 Å². The molecule has 3 rings (SSSR count). The van der Waals surface area contributed by atoms with Crippen LogP contribution in [0.5, 0.6) is 5.75 Å². The topological polar surface area (TPSA) is 68.4 Å². The minimum atomic E-state index is -0.0985. The SMILES string of the molecule is Oc1ccc(Cl)c(-c2nc(C3CCCO3)no2)c1. The minimum absolute atomic E-state index is 0.0985. The van der Waals surface area contributed by atoms with Crippen LogP contribution < -0.4 is 0 Å². The van der Waals surface area contributed by atoms with E-state index in [1.54, 1.807) is 6.07 Å². The van der Waals surface area contributed by atoms with E-state index in [-0.39, 0.29) is 11.9 Å². The molecule has 1 aromatic heterocycles. The van der Waals surface area contributed by atoms with Gasteiger partial charge in [-0.25, -0.2) is 0 Å². The highest BCUT2D eigenvalue weighted by atomic mass is 35.5. The summed E-state index contributed by atoms with van der Waals surface area (Å²) in [4.78, 5) is 4.27. The number of nitrogens with zero attached hydrogens (tertiary/aromatic N) is 2. The van der Waals surface area contributed by atoms with Crippen LogP contribution in [0, 0.1) is 0 Å². The summed E-state index contributed by atoms with van der Waals surface area (Å²) in [7, 11) is 0. The molecule has 1 aromatic carbocycles. The number of benzene rings is 1. The van der Waals surface area contributed by atoms with Crippen LogP contribution in [0.4, 0.5) is 0 Å². The van der Waals surface area contributed by atoms with Gasteiger partial charge in [0.2, 0.25) is 5.82 Å². The first kappa shape index (κ1) is 11.5. The van der Waals surface area contributed by atoms with E-state index in [1.807, 2.05) is 0 Å². The monoisotopic (exact) mass is 266 g/mol. The summed E-state index contributed by atoms with van der Waals surface area (Å²) in [5, 5.41) is 13.8. The van der Waals surface area contributed by atoms with Crippen LogP contribution in [0.2, 0.25) is 5.02 Å². The van der Waals surface area contributed by atoms with Crippen LogP contribution in [0.15, 0.2) is 22.7 Å². The van der Waals surface area contributed by atoms with Crippen molar-refractivity contribution in [1.82, 2.24) is 10.1 Å². The second-order valence-electron chi connectivity index (χ2n) is 4.12. The van der Waals surface area contributed by atoms with Crippen molar-refractivity contribution >= 4 is 11.6 Å². The fraction of sp³-hybridized carbons (Fsp3) is 0.333. The Balaban J connectivity index is 1.94. The van der Waals surface area contributed by atoms with Gasteiger partial charge in [-0.1, -0.05) is 16.8 Å². The number of halogens is 1. The lowest BCUT2D eigenvalue weighted by atomic mass is 10.2. The average molecular weight is 267 g/mol. The highest BCUT2D eigenvalue weighted by Gasteiger charge is 2.24. The van der Waals surface area contributed by atoms with Crippen molar-refractivity contribution in [1.29, 1.82) is 0 Å². The molecule has 2 heterocycles. The molecule has 94 valence electrons. The summed E-state index contributed by atoms with van der Waals surface area (Å²) in [6.07, 6.45) is 1.80. The Morgan fingerprint density at radius 2 is 2.28 bits per heavy atom. The van der Waals surface area contributed by atoms with Crippen LogP contribution in [0.3, 0.4) is 0 Å². The molecule has 2 aromatic rings. The van der Waals surface area contributed by atoms with E-state index in [4.69, 9.17) is 20.9 Å². The van der Waals surface area contributed by atoms with E-state index in [9.17, 15) is 5.11 Å². The van der Waals surface area contributed by atoms with Gasteiger partial charge in [0.25, 0.3) is 5.89 Å². The van der Waals surface area contributed by atoms with E-state index in [2.05, 4.69) is 10.1 Å².